The number of hydrogen-bond acceptors (Lipinski definition) is 7. The van der Waals surface area contributed by atoms with Crippen molar-refractivity contribution in [3.05, 3.63) is 80.2 Å². The van der Waals surface area contributed by atoms with Crippen molar-refractivity contribution >= 4 is 61.4 Å². The molecule has 6 rings (SSSR count). The Labute approximate surface area is 243 Å². The highest BCUT2D eigenvalue weighted by Gasteiger charge is 2.24. The molecule has 1 aliphatic rings. The maximum Gasteiger partial charge on any atom is 0.281 e. The Morgan fingerprint density at radius 1 is 1.15 bits per heavy atom. The summed E-state index contributed by atoms with van der Waals surface area (Å²) < 4.78 is 19.1. The van der Waals surface area contributed by atoms with Gasteiger partial charge in [-0.25, -0.2) is 28.5 Å². The van der Waals surface area contributed by atoms with Crippen molar-refractivity contribution < 1.29 is 4.39 Å². The maximum absolute atomic E-state index is 15.4. The zero-order valence-electron chi connectivity index (χ0n) is 22.2. The van der Waals surface area contributed by atoms with E-state index in [1.54, 1.807) is 29.0 Å². The molecular weight excluding hydrogens is 599 g/mol. The van der Waals surface area contributed by atoms with E-state index >= 15 is 4.39 Å². The second-order valence-electron chi connectivity index (χ2n) is 10.2. The minimum absolute atomic E-state index is 0.229. The normalized spacial score (nSPS) is 14.5. The molecule has 2 aromatic carbocycles. The molecule has 5 aromatic rings. The van der Waals surface area contributed by atoms with Crippen LogP contribution in [0.5, 0.6) is 0 Å². The number of halogens is 3. The number of anilines is 3. The summed E-state index contributed by atoms with van der Waals surface area (Å²) in [6, 6.07) is 9.18. The number of imidazole rings is 1. The molecule has 4 heterocycles. The number of para-hydroxylation sites is 1. The second kappa shape index (κ2) is 10.5. The molecule has 0 atom stereocenters. The van der Waals surface area contributed by atoms with Crippen molar-refractivity contribution in [2.45, 2.75) is 25.8 Å². The van der Waals surface area contributed by atoms with Crippen LogP contribution in [-0.4, -0.2) is 62.3 Å². The van der Waals surface area contributed by atoms with Crippen molar-refractivity contribution in [1.82, 2.24) is 29.0 Å². The molecule has 0 aliphatic carbocycles. The summed E-state index contributed by atoms with van der Waals surface area (Å²) in [7, 11) is 4.18. The van der Waals surface area contributed by atoms with Crippen LogP contribution in [0.25, 0.3) is 22.2 Å². The third-order valence-corrected chi connectivity index (χ3v) is 8.38. The highest BCUT2D eigenvalue weighted by atomic mass is 79.9. The Balaban J connectivity index is 1.35. The number of fused-ring (bicyclic) bond motifs is 3. The molecule has 0 unspecified atom stereocenters. The predicted octanol–water partition coefficient (Wildman–Crippen LogP) is 5.57. The highest BCUT2D eigenvalue weighted by molar-refractivity contribution is 9.10. The lowest BCUT2D eigenvalue weighted by molar-refractivity contribution is 0.249. The van der Waals surface area contributed by atoms with E-state index in [1.807, 2.05) is 19.1 Å². The molecule has 0 radical (unpaired) electrons. The van der Waals surface area contributed by atoms with E-state index in [1.165, 1.54) is 16.9 Å². The fourth-order valence-corrected chi connectivity index (χ4v) is 6.36. The Morgan fingerprint density at radius 3 is 2.62 bits per heavy atom. The standard InChI is InChI=1S/C28H27BrClFN8O/c1-16-13-17(14-22(31)24(16)37-10-7-18(8-11-37)36(2)3)34-28-33-15-19-23(35-28)26-32-9-12-38(26)39(27(19)40)25-20(29)5-4-6-21(25)30/h4-6,9,12-15,18H,7-8,10-11H2,1-3H3,(H,33,34,35). The number of nitrogens with one attached hydrogen (secondary N) is 1. The van der Waals surface area contributed by atoms with Crippen LogP contribution in [0.2, 0.25) is 5.02 Å². The first-order valence-corrected chi connectivity index (χ1v) is 14.1. The summed E-state index contributed by atoms with van der Waals surface area (Å²) in [6.07, 6.45) is 6.70. The van der Waals surface area contributed by atoms with Crippen LogP contribution in [0.1, 0.15) is 18.4 Å². The largest absolute Gasteiger partial charge is 0.369 e. The van der Waals surface area contributed by atoms with E-state index in [9.17, 15) is 4.79 Å². The van der Waals surface area contributed by atoms with Crippen molar-refractivity contribution in [2.75, 3.05) is 37.4 Å². The van der Waals surface area contributed by atoms with E-state index in [4.69, 9.17) is 11.6 Å². The third kappa shape index (κ3) is 4.61. The molecule has 12 heteroatoms. The van der Waals surface area contributed by atoms with Gasteiger partial charge in [-0.15, -0.1) is 0 Å². The molecule has 0 bridgehead atoms. The first kappa shape index (κ1) is 26.7. The molecule has 0 amide bonds. The second-order valence-corrected chi connectivity index (χ2v) is 11.4. The zero-order valence-corrected chi connectivity index (χ0v) is 24.5. The minimum Gasteiger partial charge on any atom is -0.369 e. The number of hydrogen-bond donors (Lipinski definition) is 1. The molecule has 3 aromatic heterocycles. The van der Waals surface area contributed by atoms with Gasteiger partial charge in [0.2, 0.25) is 5.95 Å². The highest BCUT2D eigenvalue weighted by Crippen LogP contribution is 2.32. The van der Waals surface area contributed by atoms with Gasteiger partial charge < -0.3 is 15.1 Å². The summed E-state index contributed by atoms with van der Waals surface area (Å²) in [4.78, 5) is 31.4. The van der Waals surface area contributed by atoms with Crippen LogP contribution in [0, 0.1) is 12.7 Å². The van der Waals surface area contributed by atoms with Crippen molar-refractivity contribution in [3.63, 3.8) is 0 Å². The monoisotopic (exact) mass is 624 g/mol. The Kier molecular flexibility index (Phi) is 6.97. The molecule has 1 N–H and O–H groups in total. The van der Waals surface area contributed by atoms with Crippen molar-refractivity contribution in [3.8, 4) is 5.69 Å². The molecule has 0 spiro atoms. The third-order valence-electron chi connectivity index (χ3n) is 7.43. The summed E-state index contributed by atoms with van der Waals surface area (Å²) in [5, 5.41) is 3.78. The van der Waals surface area contributed by atoms with E-state index in [2.05, 4.69) is 60.1 Å². The van der Waals surface area contributed by atoms with Gasteiger partial charge in [0.15, 0.2) is 5.65 Å². The lowest BCUT2D eigenvalue weighted by Gasteiger charge is -2.37. The summed E-state index contributed by atoms with van der Waals surface area (Å²) in [6.45, 7) is 3.53. The SMILES string of the molecule is Cc1cc(Nc2ncc3c(=O)n(-c4c(Cl)cccc4Br)n4ccnc4c3n2)cc(F)c1N1CCC(N(C)C)CC1. The van der Waals surface area contributed by atoms with Crippen LogP contribution >= 0.6 is 27.5 Å². The van der Waals surface area contributed by atoms with Gasteiger partial charge in [0.25, 0.3) is 5.56 Å². The summed E-state index contributed by atoms with van der Waals surface area (Å²) in [5.74, 6) is -0.0673. The van der Waals surface area contributed by atoms with Crippen molar-refractivity contribution in [2.24, 2.45) is 0 Å². The van der Waals surface area contributed by atoms with E-state index in [-0.39, 0.29) is 22.7 Å². The van der Waals surface area contributed by atoms with Crippen LogP contribution in [-0.2, 0) is 0 Å². The smallest absolute Gasteiger partial charge is 0.281 e. The number of nitrogens with zero attached hydrogens (tertiary/aromatic N) is 7. The number of aromatic nitrogens is 5. The molecule has 206 valence electrons. The molecule has 1 aliphatic heterocycles. The first-order valence-electron chi connectivity index (χ1n) is 12.9. The fraction of sp³-hybridized carbons (Fsp3) is 0.286. The van der Waals surface area contributed by atoms with Crippen molar-refractivity contribution in [1.29, 1.82) is 0 Å². The van der Waals surface area contributed by atoms with Gasteiger partial charge in [0, 0.05) is 47.9 Å². The number of rotatable bonds is 5. The van der Waals surface area contributed by atoms with Gasteiger partial charge in [0.1, 0.15) is 11.3 Å². The lowest BCUT2D eigenvalue weighted by Crippen LogP contribution is -2.42. The van der Waals surface area contributed by atoms with E-state index in [0.29, 0.717) is 43.8 Å². The molecular formula is C28H27BrClFN8O. The average Bonchev–Trinajstić information content (AvgIpc) is 3.40. The number of aryl methyl sites for hydroxylation is 1. The van der Waals surface area contributed by atoms with Crippen LogP contribution in [0.3, 0.4) is 0 Å². The Bertz CT molecular complexity index is 1770. The minimum atomic E-state index is -0.356. The topological polar surface area (TPSA) is 83.6 Å². The predicted molar refractivity (Wildman–Crippen MR) is 160 cm³/mol. The zero-order chi connectivity index (χ0) is 28.1. The first-order chi connectivity index (χ1) is 19.2. The van der Waals surface area contributed by atoms with E-state index in [0.717, 1.165) is 31.5 Å². The Hall–Kier alpha value is -3.54. The Morgan fingerprint density at radius 2 is 1.93 bits per heavy atom. The molecule has 9 nitrogen and oxygen atoms in total. The quantitative estimate of drug-likeness (QED) is 0.274. The average molecular weight is 626 g/mol. The van der Waals surface area contributed by atoms with Crippen LogP contribution < -0.4 is 15.8 Å². The number of piperidine rings is 1. The van der Waals surface area contributed by atoms with Gasteiger partial charge in [-0.3, -0.25) is 4.79 Å². The maximum atomic E-state index is 15.4. The van der Waals surface area contributed by atoms with Crippen LogP contribution in [0.4, 0.5) is 21.7 Å². The molecule has 40 heavy (non-hydrogen) atoms. The lowest BCUT2D eigenvalue weighted by atomic mass is 10.0. The fourth-order valence-electron chi connectivity index (χ4n) is 5.45. The summed E-state index contributed by atoms with van der Waals surface area (Å²) >= 11 is 9.98. The van der Waals surface area contributed by atoms with Gasteiger partial charge in [-0.2, -0.15) is 0 Å². The van der Waals surface area contributed by atoms with Gasteiger partial charge in [0.05, 0.1) is 21.8 Å². The molecule has 1 saturated heterocycles. The van der Waals surface area contributed by atoms with E-state index < -0.39 is 0 Å². The van der Waals surface area contributed by atoms with Gasteiger partial charge in [-0.05, 0) is 79.6 Å². The summed E-state index contributed by atoms with van der Waals surface area (Å²) in [5.41, 5.74) is 2.93. The molecule has 0 saturated carbocycles. The van der Waals surface area contributed by atoms with Crippen LogP contribution in [0.15, 0.2) is 58.2 Å². The van der Waals surface area contributed by atoms with Gasteiger partial charge >= 0.3 is 0 Å². The molecule has 1 fully saturated rings. The number of benzene rings is 2. The van der Waals surface area contributed by atoms with Gasteiger partial charge in [-0.1, -0.05) is 17.7 Å².